The van der Waals surface area contributed by atoms with Gasteiger partial charge in [-0.3, -0.25) is 0 Å². The maximum absolute atomic E-state index is 2.69. The Kier molecular flexibility index (Phi) is 7.47. The molecule has 0 rings (SSSR count). The summed E-state index contributed by atoms with van der Waals surface area (Å²) in [6, 6.07) is 4.77. The first-order chi connectivity index (χ1) is 7.76. The van der Waals surface area contributed by atoms with E-state index in [1.807, 2.05) is 0 Å². The molecule has 0 aliphatic carbocycles. The Hall–Kier alpha value is 1.08. The molecule has 0 aliphatic heterocycles. The van der Waals surface area contributed by atoms with Gasteiger partial charge in [-0.1, -0.05) is 78.2 Å². The van der Waals surface area contributed by atoms with Crippen molar-refractivity contribution in [3.63, 3.8) is 0 Å². The minimum Gasteiger partial charge on any atom is -0.0739 e. The minimum atomic E-state index is -0.912. The highest BCUT2D eigenvalue weighted by molar-refractivity contribution is 7.99. The van der Waals surface area contributed by atoms with Crippen LogP contribution in [-0.2, 0) is 0 Å². The fraction of sp³-hybridized carbons (Fsp3) is 1.00. The maximum Gasteiger partial charge on any atom is 0.0389 e. The molecule has 17 heavy (non-hydrogen) atoms. The van der Waals surface area contributed by atoms with Crippen molar-refractivity contribution in [1.29, 1.82) is 0 Å². The van der Waals surface area contributed by atoms with Gasteiger partial charge in [0.1, 0.15) is 0 Å². The largest absolute Gasteiger partial charge is 0.0739 e. The van der Waals surface area contributed by atoms with Crippen molar-refractivity contribution in [2.75, 3.05) is 0 Å². The molecular weight excluding hydrogens is 285 g/mol. The van der Waals surface area contributed by atoms with Crippen LogP contribution in [0.5, 0.6) is 0 Å². The predicted molar refractivity (Wildman–Crippen MR) is 95.4 cm³/mol. The van der Waals surface area contributed by atoms with E-state index in [1.165, 1.54) is 0 Å². The van der Waals surface area contributed by atoms with Gasteiger partial charge in [0.05, 0.1) is 0 Å². The summed E-state index contributed by atoms with van der Waals surface area (Å²) in [6.07, 6.45) is -0.863. The fourth-order valence-electron chi connectivity index (χ4n) is 4.64. The van der Waals surface area contributed by atoms with Crippen molar-refractivity contribution in [2.45, 2.75) is 78.2 Å². The van der Waals surface area contributed by atoms with Gasteiger partial charge in [-0.2, -0.15) is 0 Å². The fourth-order valence-corrected chi connectivity index (χ4v) is 107. The predicted octanol–water partition coefficient (Wildman–Crippen LogP) is 4.52. The Morgan fingerprint density at radius 2 is 0.824 bits per heavy atom. The molecule has 0 aromatic carbocycles. The highest BCUT2D eigenvalue weighted by Crippen LogP contribution is 2.36. The average Bonchev–Trinajstić information content (AvgIpc) is 2.24. The van der Waals surface area contributed by atoms with Gasteiger partial charge in [0.2, 0.25) is 0 Å². The highest BCUT2D eigenvalue weighted by Gasteiger charge is 2.57. The van der Waals surface area contributed by atoms with E-state index in [1.54, 1.807) is 18.1 Å². The first-order valence-corrected chi connectivity index (χ1v) is 23.3. The van der Waals surface area contributed by atoms with Crippen LogP contribution < -0.4 is 0 Å². The molecule has 0 N–H and O–H groups in total. The first kappa shape index (κ1) is 18.1. The van der Waals surface area contributed by atoms with Crippen molar-refractivity contribution in [1.82, 2.24) is 0 Å². The average molecular weight is 318 g/mol. The van der Waals surface area contributed by atoms with Crippen LogP contribution in [-0.4, -0.2) is 38.7 Å². The first-order valence-electron chi connectivity index (χ1n) is 7.18. The zero-order valence-corrected chi connectivity index (χ0v) is 18.6. The summed E-state index contributed by atoms with van der Waals surface area (Å²) >= 11 is 0. The van der Waals surface area contributed by atoms with Crippen LogP contribution in [0.3, 0.4) is 0 Å². The standard InChI is InChI=1S/C12H33Si5/c1-10-16(11-2,12-3)17(13(4)5,14(6)7)15(8)9/h10-12H2,1-9H3. The summed E-state index contributed by atoms with van der Waals surface area (Å²) in [7, 11) is -1.01. The Morgan fingerprint density at radius 1 is 0.588 bits per heavy atom. The molecule has 0 bridgehead atoms. The van der Waals surface area contributed by atoms with Gasteiger partial charge in [0.15, 0.2) is 0 Å². The Bertz CT molecular complexity index is 191. The van der Waals surface area contributed by atoms with E-state index in [0.29, 0.717) is 0 Å². The van der Waals surface area contributed by atoms with Gasteiger partial charge in [-0.15, -0.1) is 0 Å². The molecule has 0 unspecified atom stereocenters. The summed E-state index contributed by atoms with van der Waals surface area (Å²) in [5, 5.41) is 0. The lowest BCUT2D eigenvalue weighted by Crippen LogP contribution is -2.82. The number of hydrogen-bond acceptors (Lipinski definition) is 0. The van der Waals surface area contributed by atoms with E-state index < -0.39 is 13.7 Å². The van der Waals surface area contributed by atoms with Gasteiger partial charge in [0.25, 0.3) is 0 Å². The van der Waals surface area contributed by atoms with Crippen LogP contribution >= 0.6 is 0 Å². The summed E-state index contributed by atoms with van der Waals surface area (Å²) < 4.78 is 0. The monoisotopic (exact) mass is 317 g/mol. The lowest BCUT2D eigenvalue weighted by Gasteiger charge is -2.55. The van der Waals surface area contributed by atoms with Crippen molar-refractivity contribution >= 4 is 38.7 Å². The van der Waals surface area contributed by atoms with Crippen molar-refractivity contribution in [2.24, 2.45) is 0 Å². The van der Waals surface area contributed by atoms with Crippen LogP contribution in [0.1, 0.15) is 20.8 Å². The Balaban J connectivity index is 5.88. The second kappa shape index (κ2) is 7.02. The third kappa shape index (κ3) is 2.83. The smallest absolute Gasteiger partial charge is 0.0389 e. The van der Waals surface area contributed by atoms with E-state index in [4.69, 9.17) is 0 Å². The second-order valence-electron chi connectivity index (χ2n) is 6.09. The molecule has 101 valence electrons. The molecule has 0 aliphatic rings. The van der Waals surface area contributed by atoms with Crippen LogP contribution in [0.2, 0.25) is 57.4 Å². The SMILES string of the molecule is CC[Si](CC)(CC)[Si]([Si](C)C)([Si](C)C)[Si](C)C. The normalized spacial score (nSPS) is 14.1. The van der Waals surface area contributed by atoms with Gasteiger partial charge in [0, 0.05) is 38.7 Å². The van der Waals surface area contributed by atoms with E-state index in [0.717, 1.165) is 0 Å². The summed E-state index contributed by atoms with van der Waals surface area (Å²) in [5.74, 6) is 0. The lowest BCUT2D eigenvalue weighted by molar-refractivity contribution is 1.21. The summed E-state index contributed by atoms with van der Waals surface area (Å²) in [6.45, 7) is 23.8. The molecular formula is C12H33Si5. The molecule has 0 heterocycles. The number of rotatable bonds is 7. The topological polar surface area (TPSA) is 0 Å². The molecule has 5 heteroatoms. The molecule has 0 fully saturated rings. The van der Waals surface area contributed by atoms with Crippen molar-refractivity contribution < 1.29 is 0 Å². The zero-order valence-electron chi connectivity index (χ0n) is 13.6. The van der Waals surface area contributed by atoms with Gasteiger partial charge in [-0.25, -0.2) is 0 Å². The molecule has 0 atom stereocenters. The van der Waals surface area contributed by atoms with Crippen LogP contribution in [0.25, 0.3) is 0 Å². The molecule has 0 saturated heterocycles. The van der Waals surface area contributed by atoms with E-state index in [2.05, 4.69) is 60.1 Å². The molecule has 3 radical (unpaired) electrons. The molecule has 0 amide bonds. The van der Waals surface area contributed by atoms with E-state index in [9.17, 15) is 0 Å². The maximum atomic E-state index is 2.69. The second-order valence-corrected chi connectivity index (χ2v) is 48.5. The minimum absolute atomic E-state index is 0.0326. The molecule has 0 spiro atoms. The molecule has 0 aromatic rings. The molecule has 0 nitrogen and oxygen atoms in total. The summed E-state index contributed by atoms with van der Waals surface area (Å²) in [5.41, 5.74) is 0. The summed E-state index contributed by atoms with van der Waals surface area (Å²) in [4.78, 5) is 0. The zero-order chi connectivity index (χ0) is 13.9. The van der Waals surface area contributed by atoms with Crippen molar-refractivity contribution in [3.05, 3.63) is 0 Å². The van der Waals surface area contributed by atoms with Gasteiger partial charge < -0.3 is 0 Å². The van der Waals surface area contributed by atoms with Crippen LogP contribution in [0.15, 0.2) is 0 Å². The lowest BCUT2D eigenvalue weighted by atomic mass is 10.9. The van der Waals surface area contributed by atoms with Crippen LogP contribution in [0.4, 0.5) is 0 Å². The third-order valence-electron chi connectivity index (χ3n) is 5.08. The van der Waals surface area contributed by atoms with E-state index in [-0.39, 0.29) is 24.9 Å². The van der Waals surface area contributed by atoms with E-state index >= 15 is 0 Å². The highest BCUT2D eigenvalue weighted by atomic mass is 30.2. The Morgan fingerprint density at radius 3 is 0.882 bits per heavy atom. The third-order valence-corrected chi connectivity index (χ3v) is 91.5. The van der Waals surface area contributed by atoms with Gasteiger partial charge in [-0.05, 0) is 0 Å². The Labute approximate surface area is 117 Å². The number of hydrogen-bond donors (Lipinski definition) is 0. The van der Waals surface area contributed by atoms with Gasteiger partial charge >= 0.3 is 0 Å². The van der Waals surface area contributed by atoms with Crippen LogP contribution in [0, 0.1) is 0 Å². The quantitative estimate of drug-likeness (QED) is 0.606. The van der Waals surface area contributed by atoms with Crippen molar-refractivity contribution in [3.8, 4) is 0 Å². The molecule has 0 aromatic heterocycles. The molecule has 0 saturated carbocycles.